The molecule has 2 unspecified atom stereocenters. The molecule has 0 aliphatic carbocycles. The molecule has 26 heavy (non-hydrogen) atoms. The van der Waals surface area contributed by atoms with Crippen LogP contribution in [0.4, 0.5) is 5.13 Å². The number of carbonyl (C=O) groups is 1. The number of rotatable bonds is 7. The molecule has 3 rings (SSSR count). The van der Waals surface area contributed by atoms with Gasteiger partial charge in [0.1, 0.15) is 6.61 Å². The average Bonchev–Trinajstić information content (AvgIpc) is 3.01. The molecule has 1 aromatic heterocycles. The monoisotopic (exact) mass is 375 g/mol. The predicted molar refractivity (Wildman–Crippen MR) is 102 cm³/mol. The fraction of sp³-hybridized carbons (Fsp3) is 0.474. The van der Waals surface area contributed by atoms with E-state index in [0.717, 1.165) is 30.9 Å². The van der Waals surface area contributed by atoms with Crippen LogP contribution in [0.1, 0.15) is 25.1 Å². The van der Waals surface area contributed by atoms with Gasteiger partial charge < -0.3 is 9.47 Å². The number of benzene rings is 1. The molecule has 0 radical (unpaired) electrons. The van der Waals surface area contributed by atoms with Gasteiger partial charge in [-0.05, 0) is 19.4 Å². The van der Waals surface area contributed by atoms with E-state index in [1.165, 1.54) is 11.3 Å². The van der Waals surface area contributed by atoms with Gasteiger partial charge >= 0.3 is 0 Å². The molecule has 1 amide bonds. The minimum Gasteiger partial charge on any atom is -0.373 e. The van der Waals surface area contributed by atoms with Crippen LogP contribution >= 0.6 is 11.3 Å². The molecule has 2 aromatic rings. The summed E-state index contributed by atoms with van der Waals surface area (Å²) in [5, 5.41) is 5.41. The van der Waals surface area contributed by atoms with Crippen LogP contribution < -0.4 is 5.32 Å². The molecule has 2 atom stereocenters. The van der Waals surface area contributed by atoms with Crippen molar-refractivity contribution in [2.24, 2.45) is 0 Å². The number of aromatic nitrogens is 1. The van der Waals surface area contributed by atoms with E-state index in [2.05, 4.69) is 29.0 Å². The summed E-state index contributed by atoms with van der Waals surface area (Å²) in [5.74, 6) is -0.185. The molecule has 140 valence electrons. The quantitative estimate of drug-likeness (QED) is 0.806. The number of thiazole rings is 1. The topological polar surface area (TPSA) is 63.7 Å². The number of nitrogens with zero attached hydrogens (tertiary/aromatic N) is 2. The van der Waals surface area contributed by atoms with E-state index in [-0.39, 0.29) is 24.7 Å². The normalized spacial score (nSPS) is 20.8. The summed E-state index contributed by atoms with van der Waals surface area (Å²) in [4.78, 5) is 18.8. The number of carbonyl (C=O) groups excluding carboxylic acids is 1. The maximum Gasteiger partial charge on any atom is 0.252 e. The van der Waals surface area contributed by atoms with E-state index in [9.17, 15) is 4.79 Å². The van der Waals surface area contributed by atoms with E-state index in [0.29, 0.717) is 11.7 Å². The number of nitrogens with one attached hydrogen (secondary N) is 1. The van der Waals surface area contributed by atoms with Crippen LogP contribution in [0.15, 0.2) is 35.7 Å². The van der Waals surface area contributed by atoms with Crippen LogP contribution in [-0.4, -0.2) is 47.7 Å². The predicted octanol–water partition coefficient (Wildman–Crippen LogP) is 2.91. The number of ether oxygens (including phenoxy) is 2. The smallest absolute Gasteiger partial charge is 0.252 e. The van der Waals surface area contributed by atoms with Crippen molar-refractivity contribution in [2.45, 2.75) is 39.2 Å². The maximum atomic E-state index is 12.0. The Kier molecular flexibility index (Phi) is 6.73. The second kappa shape index (κ2) is 9.23. The standard InChI is InChI=1S/C19H25N3O3S/c1-14-8-22(9-15(2)25-14)10-17-13-26-19(20-17)21-18(23)12-24-11-16-6-4-3-5-7-16/h3-7,13-15H,8-12H2,1-2H3,(H,20,21,23). The number of anilines is 1. The van der Waals surface area contributed by atoms with E-state index >= 15 is 0 Å². The van der Waals surface area contributed by atoms with Gasteiger partial charge in [-0.15, -0.1) is 11.3 Å². The highest BCUT2D eigenvalue weighted by Gasteiger charge is 2.22. The molecule has 1 aliphatic heterocycles. The second-order valence-corrected chi connectivity index (χ2v) is 7.48. The average molecular weight is 375 g/mol. The summed E-state index contributed by atoms with van der Waals surface area (Å²) in [6.45, 7) is 7.19. The van der Waals surface area contributed by atoms with Crippen molar-refractivity contribution in [2.75, 3.05) is 25.0 Å². The fourth-order valence-electron chi connectivity index (χ4n) is 3.07. The van der Waals surface area contributed by atoms with Gasteiger partial charge in [0.15, 0.2) is 5.13 Å². The van der Waals surface area contributed by atoms with Gasteiger partial charge in [-0.2, -0.15) is 0 Å². The zero-order chi connectivity index (χ0) is 18.4. The van der Waals surface area contributed by atoms with Crippen molar-refractivity contribution >= 4 is 22.4 Å². The van der Waals surface area contributed by atoms with E-state index in [4.69, 9.17) is 9.47 Å². The highest BCUT2D eigenvalue weighted by atomic mass is 32.1. The molecule has 1 aromatic carbocycles. The minimum absolute atomic E-state index is 0.0162. The van der Waals surface area contributed by atoms with Gasteiger partial charge in [0.2, 0.25) is 0 Å². The number of hydrogen-bond acceptors (Lipinski definition) is 6. The lowest BCUT2D eigenvalue weighted by atomic mass is 10.2. The molecular formula is C19H25N3O3S. The van der Waals surface area contributed by atoms with E-state index < -0.39 is 0 Å². The van der Waals surface area contributed by atoms with Crippen LogP contribution in [0.5, 0.6) is 0 Å². The first-order chi connectivity index (χ1) is 12.6. The lowest BCUT2D eigenvalue weighted by Gasteiger charge is -2.34. The Labute approximate surface area is 158 Å². The van der Waals surface area contributed by atoms with Gasteiger partial charge in [0.05, 0.1) is 24.5 Å². The summed E-state index contributed by atoms with van der Waals surface area (Å²) in [5.41, 5.74) is 2.02. The van der Waals surface area contributed by atoms with Crippen molar-refractivity contribution < 1.29 is 14.3 Å². The van der Waals surface area contributed by atoms with Crippen molar-refractivity contribution in [1.82, 2.24) is 9.88 Å². The summed E-state index contributed by atoms with van der Waals surface area (Å²) in [6, 6.07) is 9.79. The summed E-state index contributed by atoms with van der Waals surface area (Å²) < 4.78 is 11.2. The molecule has 0 saturated carbocycles. The van der Waals surface area contributed by atoms with Gasteiger partial charge in [0.25, 0.3) is 5.91 Å². The van der Waals surface area contributed by atoms with Crippen LogP contribution in [-0.2, 0) is 27.4 Å². The Morgan fingerprint density at radius 1 is 1.31 bits per heavy atom. The minimum atomic E-state index is -0.185. The molecule has 0 bridgehead atoms. The zero-order valence-electron chi connectivity index (χ0n) is 15.2. The Balaban J connectivity index is 1.42. The molecule has 7 heteroatoms. The Morgan fingerprint density at radius 2 is 2.04 bits per heavy atom. The first kappa shape index (κ1) is 19.0. The van der Waals surface area contributed by atoms with Gasteiger partial charge in [0, 0.05) is 25.0 Å². The lowest BCUT2D eigenvalue weighted by Crippen LogP contribution is -2.44. The molecular weight excluding hydrogens is 350 g/mol. The summed E-state index contributed by atoms with van der Waals surface area (Å²) in [6.07, 6.45) is 0.469. The first-order valence-electron chi connectivity index (χ1n) is 8.82. The summed E-state index contributed by atoms with van der Waals surface area (Å²) in [7, 11) is 0. The Bertz CT molecular complexity index is 697. The lowest BCUT2D eigenvalue weighted by molar-refractivity contribution is -0.121. The highest BCUT2D eigenvalue weighted by molar-refractivity contribution is 7.13. The third kappa shape index (κ3) is 5.88. The highest BCUT2D eigenvalue weighted by Crippen LogP contribution is 2.19. The van der Waals surface area contributed by atoms with Crippen LogP contribution in [0.2, 0.25) is 0 Å². The molecule has 1 aliphatic rings. The van der Waals surface area contributed by atoms with Gasteiger partial charge in [-0.3, -0.25) is 15.0 Å². The Hall–Kier alpha value is -1.80. The fourth-order valence-corrected chi connectivity index (χ4v) is 3.79. The molecule has 6 nitrogen and oxygen atoms in total. The molecule has 2 heterocycles. The van der Waals surface area contributed by atoms with Crippen molar-refractivity contribution in [3.8, 4) is 0 Å². The van der Waals surface area contributed by atoms with Crippen LogP contribution in [0.3, 0.4) is 0 Å². The first-order valence-corrected chi connectivity index (χ1v) is 9.70. The van der Waals surface area contributed by atoms with Crippen LogP contribution in [0.25, 0.3) is 0 Å². The number of hydrogen-bond donors (Lipinski definition) is 1. The summed E-state index contributed by atoms with van der Waals surface area (Å²) >= 11 is 1.44. The largest absolute Gasteiger partial charge is 0.373 e. The van der Waals surface area contributed by atoms with Crippen LogP contribution in [0, 0.1) is 0 Å². The van der Waals surface area contributed by atoms with Crippen molar-refractivity contribution in [3.05, 3.63) is 47.0 Å². The SMILES string of the molecule is CC1CN(Cc2csc(NC(=O)COCc3ccccc3)n2)CC(C)O1. The maximum absolute atomic E-state index is 12.0. The molecule has 1 N–H and O–H groups in total. The number of morpholine rings is 1. The van der Waals surface area contributed by atoms with E-state index in [1.807, 2.05) is 35.7 Å². The molecule has 0 spiro atoms. The van der Waals surface area contributed by atoms with Gasteiger partial charge in [-0.25, -0.2) is 4.98 Å². The third-order valence-corrected chi connectivity index (χ3v) is 4.83. The Morgan fingerprint density at radius 3 is 2.77 bits per heavy atom. The van der Waals surface area contributed by atoms with E-state index in [1.54, 1.807) is 0 Å². The van der Waals surface area contributed by atoms with Crippen molar-refractivity contribution in [3.63, 3.8) is 0 Å². The number of amides is 1. The molecule has 1 saturated heterocycles. The molecule has 1 fully saturated rings. The zero-order valence-corrected chi connectivity index (χ0v) is 16.0. The van der Waals surface area contributed by atoms with Gasteiger partial charge in [-0.1, -0.05) is 30.3 Å². The van der Waals surface area contributed by atoms with Crippen molar-refractivity contribution in [1.29, 1.82) is 0 Å². The third-order valence-electron chi connectivity index (χ3n) is 4.02. The second-order valence-electron chi connectivity index (χ2n) is 6.62.